The third-order valence-electron chi connectivity index (χ3n) is 4.16. The zero-order valence-electron chi connectivity index (χ0n) is 14.6. The van der Waals surface area contributed by atoms with E-state index in [4.69, 9.17) is 9.47 Å². The molecule has 0 N–H and O–H groups in total. The molecule has 0 aliphatic rings. The van der Waals surface area contributed by atoms with Gasteiger partial charge in [-0.25, -0.2) is 4.79 Å². The first-order valence-electron chi connectivity index (χ1n) is 9.13. The lowest BCUT2D eigenvalue weighted by Crippen LogP contribution is -2.11. The van der Waals surface area contributed by atoms with Gasteiger partial charge in [-0.05, 0) is 17.9 Å². The van der Waals surface area contributed by atoms with Crippen LogP contribution in [0.2, 0.25) is 0 Å². The molecule has 0 aliphatic heterocycles. The van der Waals surface area contributed by atoms with Crippen LogP contribution in [0.3, 0.4) is 0 Å². The van der Waals surface area contributed by atoms with Crippen molar-refractivity contribution in [3.05, 3.63) is 42.5 Å². The largest absolute Gasteiger partial charge is 0.513 e. The SMILES string of the molecule is CCCCCCCCCCOC(=O)Oc1cccc2ccccc12. The summed E-state index contributed by atoms with van der Waals surface area (Å²) in [5.74, 6) is 0.550. The van der Waals surface area contributed by atoms with Crippen molar-refractivity contribution >= 4 is 16.9 Å². The molecule has 0 heterocycles. The maximum absolute atomic E-state index is 11.8. The molecule has 2 rings (SSSR count). The van der Waals surface area contributed by atoms with Gasteiger partial charge in [-0.3, -0.25) is 0 Å². The van der Waals surface area contributed by atoms with Crippen LogP contribution in [0.15, 0.2) is 42.5 Å². The van der Waals surface area contributed by atoms with Crippen LogP contribution < -0.4 is 4.74 Å². The summed E-state index contributed by atoms with van der Waals surface area (Å²) in [5, 5.41) is 1.97. The van der Waals surface area contributed by atoms with Crippen LogP contribution in [-0.4, -0.2) is 12.8 Å². The molecule has 2 aromatic carbocycles. The predicted octanol–water partition coefficient (Wildman–Crippen LogP) is 6.50. The Balaban J connectivity index is 1.63. The normalized spacial score (nSPS) is 10.7. The van der Waals surface area contributed by atoms with Crippen molar-refractivity contribution in [3.8, 4) is 5.75 Å². The average Bonchev–Trinajstić information content (AvgIpc) is 2.61. The van der Waals surface area contributed by atoms with E-state index in [2.05, 4.69) is 6.92 Å². The second-order valence-electron chi connectivity index (χ2n) is 6.15. The highest BCUT2D eigenvalue weighted by molar-refractivity contribution is 5.89. The number of rotatable bonds is 10. The molecular weight excluding hydrogens is 300 g/mol. The maximum Gasteiger partial charge on any atom is 0.513 e. The molecule has 0 amide bonds. The quantitative estimate of drug-likeness (QED) is 0.284. The second-order valence-corrected chi connectivity index (χ2v) is 6.15. The fraction of sp³-hybridized carbons (Fsp3) is 0.476. The van der Waals surface area contributed by atoms with E-state index >= 15 is 0 Å². The topological polar surface area (TPSA) is 35.5 Å². The molecule has 3 heteroatoms. The van der Waals surface area contributed by atoms with Crippen LogP contribution in [0.1, 0.15) is 58.3 Å². The van der Waals surface area contributed by atoms with Gasteiger partial charge in [0.25, 0.3) is 0 Å². The summed E-state index contributed by atoms with van der Waals surface area (Å²) >= 11 is 0. The van der Waals surface area contributed by atoms with E-state index in [-0.39, 0.29) is 0 Å². The molecule has 130 valence electrons. The molecule has 0 aliphatic carbocycles. The van der Waals surface area contributed by atoms with E-state index in [0.717, 1.165) is 23.6 Å². The van der Waals surface area contributed by atoms with Crippen LogP contribution in [-0.2, 0) is 4.74 Å². The summed E-state index contributed by atoms with van der Waals surface area (Å²) in [7, 11) is 0. The van der Waals surface area contributed by atoms with Gasteiger partial charge in [0.1, 0.15) is 5.75 Å². The Morgan fingerprint density at radius 1 is 0.833 bits per heavy atom. The number of carbonyl (C=O) groups excluding carboxylic acids is 1. The van der Waals surface area contributed by atoms with Gasteiger partial charge in [-0.1, -0.05) is 88.3 Å². The van der Waals surface area contributed by atoms with Gasteiger partial charge in [-0.2, -0.15) is 0 Å². The third-order valence-corrected chi connectivity index (χ3v) is 4.16. The summed E-state index contributed by atoms with van der Waals surface area (Å²) in [6.45, 7) is 2.66. The Morgan fingerprint density at radius 3 is 2.29 bits per heavy atom. The minimum atomic E-state index is -0.616. The minimum Gasteiger partial charge on any atom is -0.434 e. The number of unbranched alkanes of at least 4 members (excludes halogenated alkanes) is 7. The molecule has 0 fully saturated rings. The highest BCUT2D eigenvalue weighted by Crippen LogP contribution is 2.25. The van der Waals surface area contributed by atoms with E-state index in [0.29, 0.717) is 12.4 Å². The first-order valence-corrected chi connectivity index (χ1v) is 9.13. The van der Waals surface area contributed by atoms with Crippen molar-refractivity contribution in [2.45, 2.75) is 58.3 Å². The third kappa shape index (κ3) is 6.23. The van der Waals surface area contributed by atoms with Crippen molar-refractivity contribution in [2.75, 3.05) is 6.61 Å². The summed E-state index contributed by atoms with van der Waals surface area (Å²) in [4.78, 5) is 11.8. The average molecular weight is 328 g/mol. The van der Waals surface area contributed by atoms with Crippen LogP contribution in [0.25, 0.3) is 10.8 Å². The molecule has 0 bridgehead atoms. The first kappa shape index (κ1) is 18.3. The van der Waals surface area contributed by atoms with Gasteiger partial charge < -0.3 is 9.47 Å². The van der Waals surface area contributed by atoms with Gasteiger partial charge >= 0.3 is 6.16 Å². The van der Waals surface area contributed by atoms with Gasteiger partial charge in [0.2, 0.25) is 0 Å². The lowest BCUT2D eigenvalue weighted by Gasteiger charge is -2.08. The van der Waals surface area contributed by atoms with E-state index in [9.17, 15) is 4.79 Å². The van der Waals surface area contributed by atoms with E-state index in [1.807, 2.05) is 36.4 Å². The summed E-state index contributed by atoms with van der Waals surface area (Å²) in [5.41, 5.74) is 0. The molecule has 0 saturated heterocycles. The summed E-state index contributed by atoms with van der Waals surface area (Å²) < 4.78 is 10.5. The minimum absolute atomic E-state index is 0.429. The number of carbonyl (C=O) groups is 1. The zero-order chi connectivity index (χ0) is 17.0. The van der Waals surface area contributed by atoms with Gasteiger partial charge in [0, 0.05) is 5.39 Å². The lowest BCUT2D eigenvalue weighted by atomic mass is 10.1. The Morgan fingerprint density at radius 2 is 1.50 bits per heavy atom. The van der Waals surface area contributed by atoms with Gasteiger partial charge in [-0.15, -0.1) is 0 Å². The standard InChI is InChI=1S/C21H28O3/c1-2-3-4-5-6-7-8-11-17-23-21(22)24-20-16-12-14-18-13-9-10-15-19(18)20/h9-10,12-16H,2-8,11,17H2,1H3. The molecular formula is C21H28O3. The molecule has 0 unspecified atom stereocenters. The number of hydrogen-bond acceptors (Lipinski definition) is 3. The van der Waals surface area contributed by atoms with Crippen molar-refractivity contribution in [2.24, 2.45) is 0 Å². The van der Waals surface area contributed by atoms with Crippen molar-refractivity contribution in [3.63, 3.8) is 0 Å². The van der Waals surface area contributed by atoms with Gasteiger partial charge in [0.05, 0.1) is 6.61 Å². The van der Waals surface area contributed by atoms with Crippen LogP contribution in [0, 0.1) is 0 Å². The monoisotopic (exact) mass is 328 g/mol. The van der Waals surface area contributed by atoms with E-state index in [1.54, 1.807) is 6.07 Å². The lowest BCUT2D eigenvalue weighted by molar-refractivity contribution is 0.0978. The fourth-order valence-corrected chi connectivity index (χ4v) is 2.80. The van der Waals surface area contributed by atoms with E-state index < -0.39 is 6.16 Å². The Kier molecular flexibility index (Phi) is 8.16. The van der Waals surface area contributed by atoms with Crippen molar-refractivity contribution < 1.29 is 14.3 Å². The highest BCUT2D eigenvalue weighted by atomic mass is 16.7. The molecule has 0 saturated carbocycles. The Labute approximate surface area is 145 Å². The molecule has 0 radical (unpaired) electrons. The number of fused-ring (bicyclic) bond motifs is 1. The van der Waals surface area contributed by atoms with Gasteiger partial charge in [0.15, 0.2) is 0 Å². The number of benzene rings is 2. The number of hydrogen-bond donors (Lipinski definition) is 0. The molecule has 0 atom stereocenters. The Hall–Kier alpha value is -2.03. The molecule has 24 heavy (non-hydrogen) atoms. The summed E-state index contributed by atoms with van der Waals surface area (Å²) in [6, 6.07) is 13.5. The summed E-state index contributed by atoms with van der Waals surface area (Å²) in [6.07, 6.45) is 9.16. The predicted molar refractivity (Wildman–Crippen MR) is 98.5 cm³/mol. The Bertz CT molecular complexity index is 616. The molecule has 0 aromatic heterocycles. The van der Waals surface area contributed by atoms with Crippen LogP contribution in [0.4, 0.5) is 4.79 Å². The molecule has 3 nitrogen and oxygen atoms in total. The van der Waals surface area contributed by atoms with Crippen LogP contribution >= 0.6 is 0 Å². The zero-order valence-corrected chi connectivity index (χ0v) is 14.6. The van der Waals surface area contributed by atoms with Crippen molar-refractivity contribution in [1.82, 2.24) is 0 Å². The fourth-order valence-electron chi connectivity index (χ4n) is 2.80. The van der Waals surface area contributed by atoms with E-state index in [1.165, 1.54) is 38.5 Å². The highest BCUT2D eigenvalue weighted by Gasteiger charge is 2.08. The number of ether oxygens (including phenoxy) is 2. The second kappa shape index (κ2) is 10.7. The molecule has 2 aromatic rings. The smallest absolute Gasteiger partial charge is 0.434 e. The van der Waals surface area contributed by atoms with Crippen LogP contribution in [0.5, 0.6) is 5.75 Å². The maximum atomic E-state index is 11.8. The van der Waals surface area contributed by atoms with Crippen molar-refractivity contribution in [1.29, 1.82) is 0 Å². The first-order chi connectivity index (χ1) is 11.8. The molecule has 0 spiro atoms.